The second kappa shape index (κ2) is 4.01. The molecule has 0 bridgehead atoms. The molecule has 4 N–H and O–H groups in total. The second-order valence-electron chi connectivity index (χ2n) is 3.21. The van der Waals surface area contributed by atoms with Crippen molar-refractivity contribution in [2.45, 2.75) is 0 Å². The van der Waals surface area contributed by atoms with Gasteiger partial charge in [-0.2, -0.15) is 0 Å². The molecule has 0 aliphatic carbocycles. The van der Waals surface area contributed by atoms with Gasteiger partial charge in [0.2, 0.25) is 5.95 Å². The third kappa shape index (κ3) is 2.04. The summed E-state index contributed by atoms with van der Waals surface area (Å²) in [5.74, 6) is 5.88. The lowest BCUT2D eigenvalue weighted by atomic mass is 10.2. The van der Waals surface area contributed by atoms with Crippen molar-refractivity contribution in [2.75, 3.05) is 11.6 Å². The summed E-state index contributed by atoms with van der Waals surface area (Å²) < 4.78 is 1.61. The maximum Gasteiger partial charge on any atom is 0.271 e. The molecule has 0 atom stereocenters. The zero-order valence-electron chi connectivity index (χ0n) is 8.37. The highest BCUT2D eigenvalue weighted by atomic mass is 79.9. The molecule has 9 heteroatoms. The predicted octanol–water partition coefficient (Wildman–Crippen LogP) is 0.912. The van der Waals surface area contributed by atoms with Crippen LogP contribution in [-0.2, 0) is 0 Å². The minimum Gasteiger partial charge on any atom is -0.366 e. The Labute approximate surface area is 103 Å². The Morgan fingerprint density at radius 3 is 2.59 bits per heavy atom. The van der Waals surface area contributed by atoms with Gasteiger partial charge in [0, 0.05) is 22.2 Å². The molecule has 0 saturated carbocycles. The standard InChI is InChI=1S/C8H7BrN6O2/c9-5-1-4(2-6(3-5)15(16)17)7-12-13-8(10)14(7)11/h1-3H,11H2,(H2,10,13). The van der Waals surface area contributed by atoms with Crippen molar-refractivity contribution in [2.24, 2.45) is 0 Å². The van der Waals surface area contributed by atoms with Gasteiger partial charge in [-0.15, -0.1) is 10.2 Å². The highest BCUT2D eigenvalue weighted by Gasteiger charge is 2.14. The summed E-state index contributed by atoms with van der Waals surface area (Å²) in [7, 11) is 0. The van der Waals surface area contributed by atoms with Gasteiger partial charge in [0.25, 0.3) is 5.69 Å². The van der Waals surface area contributed by atoms with E-state index in [9.17, 15) is 10.1 Å². The molecule has 88 valence electrons. The maximum absolute atomic E-state index is 10.7. The topological polar surface area (TPSA) is 126 Å². The summed E-state index contributed by atoms with van der Waals surface area (Å²) in [6.07, 6.45) is 0. The Kier molecular flexibility index (Phi) is 2.68. The number of nitrogen functional groups attached to an aromatic ring is 2. The van der Waals surface area contributed by atoms with E-state index in [0.29, 0.717) is 10.0 Å². The second-order valence-corrected chi connectivity index (χ2v) is 4.12. The Morgan fingerprint density at radius 1 is 1.35 bits per heavy atom. The lowest BCUT2D eigenvalue weighted by molar-refractivity contribution is -0.384. The van der Waals surface area contributed by atoms with Crippen molar-refractivity contribution in [1.82, 2.24) is 14.9 Å². The van der Waals surface area contributed by atoms with E-state index >= 15 is 0 Å². The summed E-state index contributed by atoms with van der Waals surface area (Å²) in [6.45, 7) is 0. The number of anilines is 1. The molecule has 0 radical (unpaired) electrons. The number of hydrogen-bond acceptors (Lipinski definition) is 6. The Hall–Kier alpha value is -2.16. The van der Waals surface area contributed by atoms with Gasteiger partial charge in [-0.3, -0.25) is 10.1 Å². The maximum atomic E-state index is 10.7. The zero-order valence-corrected chi connectivity index (χ0v) is 9.96. The molecule has 0 spiro atoms. The molecule has 1 aromatic heterocycles. The largest absolute Gasteiger partial charge is 0.366 e. The third-order valence-corrected chi connectivity index (χ3v) is 2.53. The lowest BCUT2D eigenvalue weighted by Crippen LogP contribution is -2.13. The zero-order chi connectivity index (χ0) is 12.6. The fraction of sp³-hybridized carbons (Fsp3) is 0. The molecule has 2 rings (SSSR count). The van der Waals surface area contributed by atoms with Gasteiger partial charge in [0.1, 0.15) is 0 Å². The summed E-state index contributed by atoms with van der Waals surface area (Å²) in [5.41, 5.74) is 5.82. The quantitative estimate of drug-likeness (QED) is 0.482. The van der Waals surface area contributed by atoms with E-state index in [1.165, 1.54) is 12.1 Å². The van der Waals surface area contributed by atoms with Crippen LogP contribution in [0.1, 0.15) is 0 Å². The number of hydrogen-bond donors (Lipinski definition) is 2. The van der Waals surface area contributed by atoms with E-state index < -0.39 is 4.92 Å². The van der Waals surface area contributed by atoms with Gasteiger partial charge in [-0.1, -0.05) is 15.9 Å². The monoisotopic (exact) mass is 298 g/mol. The number of non-ortho nitro benzene ring substituents is 1. The molecule has 0 aliphatic heterocycles. The highest BCUT2D eigenvalue weighted by molar-refractivity contribution is 9.10. The molecule has 0 unspecified atom stereocenters. The van der Waals surface area contributed by atoms with Crippen LogP contribution < -0.4 is 11.6 Å². The Bertz CT molecular complexity index is 596. The van der Waals surface area contributed by atoms with E-state index in [0.717, 1.165) is 4.68 Å². The van der Waals surface area contributed by atoms with Crippen LogP contribution in [-0.4, -0.2) is 19.8 Å². The number of nitrogens with zero attached hydrogens (tertiary/aromatic N) is 4. The van der Waals surface area contributed by atoms with Crippen LogP contribution in [0.15, 0.2) is 22.7 Å². The predicted molar refractivity (Wildman–Crippen MR) is 64.4 cm³/mol. The van der Waals surface area contributed by atoms with Crippen LogP contribution in [0.25, 0.3) is 11.4 Å². The molecule has 1 aromatic carbocycles. The number of aromatic nitrogens is 3. The first-order valence-corrected chi connectivity index (χ1v) is 5.19. The van der Waals surface area contributed by atoms with Crippen molar-refractivity contribution in [3.63, 3.8) is 0 Å². The smallest absolute Gasteiger partial charge is 0.271 e. The summed E-state index contributed by atoms with van der Waals surface area (Å²) >= 11 is 3.18. The molecule has 1 heterocycles. The molecule has 17 heavy (non-hydrogen) atoms. The van der Waals surface area contributed by atoms with E-state index in [1.807, 2.05) is 0 Å². The molecule has 0 fully saturated rings. The first-order chi connectivity index (χ1) is 7.99. The fourth-order valence-electron chi connectivity index (χ4n) is 1.31. The first kappa shape index (κ1) is 11.3. The average molecular weight is 299 g/mol. The van der Waals surface area contributed by atoms with Crippen molar-refractivity contribution < 1.29 is 4.92 Å². The molecular formula is C8H7BrN6O2. The number of nitro groups is 1. The summed E-state index contributed by atoms with van der Waals surface area (Å²) in [6, 6.07) is 4.36. The van der Waals surface area contributed by atoms with Gasteiger partial charge >= 0.3 is 0 Å². The van der Waals surface area contributed by atoms with Crippen LogP contribution in [0.5, 0.6) is 0 Å². The lowest BCUT2D eigenvalue weighted by Gasteiger charge is -2.02. The Balaban J connectivity index is 2.60. The third-order valence-electron chi connectivity index (χ3n) is 2.07. The van der Waals surface area contributed by atoms with Crippen LogP contribution in [0, 0.1) is 10.1 Å². The number of rotatable bonds is 2. The van der Waals surface area contributed by atoms with Crippen LogP contribution in [0.3, 0.4) is 0 Å². The Morgan fingerprint density at radius 2 is 2.06 bits per heavy atom. The summed E-state index contributed by atoms with van der Waals surface area (Å²) in [4.78, 5) is 10.2. The fourth-order valence-corrected chi connectivity index (χ4v) is 1.79. The SMILES string of the molecule is Nc1nnc(-c2cc(Br)cc([N+](=O)[O-])c2)n1N. The number of halogens is 1. The van der Waals surface area contributed by atoms with Crippen molar-refractivity contribution >= 4 is 27.6 Å². The van der Waals surface area contributed by atoms with E-state index in [1.54, 1.807) is 6.07 Å². The van der Waals surface area contributed by atoms with Gasteiger partial charge in [0.15, 0.2) is 5.82 Å². The number of benzene rings is 1. The molecule has 0 amide bonds. The molecule has 8 nitrogen and oxygen atoms in total. The molecule has 0 saturated heterocycles. The van der Waals surface area contributed by atoms with E-state index in [-0.39, 0.29) is 17.5 Å². The van der Waals surface area contributed by atoms with Crippen molar-refractivity contribution in [3.8, 4) is 11.4 Å². The summed E-state index contributed by atoms with van der Waals surface area (Å²) in [5, 5.41) is 18.0. The average Bonchev–Trinajstić information content (AvgIpc) is 2.59. The van der Waals surface area contributed by atoms with E-state index in [2.05, 4.69) is 26.1 Å². The minimum absolute atomic E-state index is 0.0302. The van der Waals surface area contributed by atoms with Gasteiger partial charge in [-0.25, -0.2) is 4.68 Å². The van der Waals surface area contributed by atoms with Crippen LogP contribution in [0.2, 0.25) is 0 Å². The number of nitro benzene ring substituents is 1. The number of nitrogens with two attached hydrogens (primary N) is 2. The van der Waals surface area contributed by atoms with Gasteiger partial charge < -0.3 is 11.6 Å². The normalized spacial score (nSPS) is 10.4. The van der Waals surface area contributed by atoms with Gasteiger partial charge in [-0.05, 0) is 6.07 Å². The molecule has 0 aliphatic rings. The van der Waals surface area contributed by atoms with Crippen LogP contribution >= 0.6 is 15.9 Å². The first-order valence-electron chi connectivity index (χ1n) is 4.40. The minimum atomic E-state index is -0.505. The van der Waals surface area contributed by atoms with Gasteiger partial charge in [0.05, 0.1) is 4.92 Å². The van der Waals surface area contributed by atoms with Crippen molar-refractivity contribution in [3.05, 3.63) is 32.8 Å². The van der Waals surface area contributed by atoms with E-state index in [4.69, 9.17) is 11.6 Å². The molecular weight excluding hydrogens is 292 g/mol. The van der Waals surface area contributed by atoms with Crippen molar-refractivity contribution in [1.29, 1.82) is 0 Å². The molecule has 2 aromatic rings. The highest BCUT2D eigenvalue weighted by Crippen LogP contribution is 2.27. The van der Waals surface area contributed by atoms with Crippen LogP contribution in [0.4, 0.5) is 11.6 Å².